The van der Waals surface area contributed by atoms with Crippen LogP contribution in [0, 0.1) is 16.7 Å². The summed E-state index contributed by atoms with van der Waals surface area (Å²) in [6.07, 6.45) is 20.4. The zero-order valence-electron chi connectivity index (χ0n) is 23.8. The second-order valence-corrected chi connectivity index (χ2v) is 11.6. The first-order valence-electron chi connectivity index (χ1n) is 14.1. The molecule has 0 aromatic rings. The van der Waals surface area contributed by atoms with Crippen molar-refractivity contribution in [1.29, 1.82) is 0 Å². The number of cyclic esters (lactones) is 1. The molecule has 0 N–H and O–H groups in total. The van der Waals surface area contributed by atoms with Crippen molar-refractivity contribution in [2.45, 2.75) is 131 Å². The number of hydrogen-bond donors (Lipinski definition) is 0. The van der Waals surface area contributed by atoms with Gasteiger partial charge in [0.2, 0.25) is 0 Å². The van der Waals surface area contributed by atoms with Crippen LogP contribution < -0.4 is 0 Å². The number of ether oxygens (including phenoxy) is 3. The highest BCUT2D eigenvalue weighted by Crippen LogP contribution is 2.47. The summed E-state index contributed by atoms with van der Waals surface area (Å²) in [5.74, 6) is -0.125. The lowest BCUT2D eigenvalue weighted by Gasteiger charge is -2.44. The Morgan fingerprint density at radius 2 is 1.83 bits per heavy atom. The second kappa shape index (κ2) is 14.2. The Morgan fingerprint density at radius 3 is 2.53 bits per heavy atom. The van der Waals surface area contributed by atoms with Gasteiger partial charge >= 0.3 is 11.9 Å². The van der Waals surface area contributed by atoms with Crippen LogP contribution >= 0.6 is 0 Å². The van der Waals surface area contributed by atoms with Gasteiger partial charge in [-0.2, -0.15) is 0 Å². The van der Waals surface area contributed by atoms with Crippen LogP contribution in [-0.4, -0.2) is 36.4 Å². The van der Waals surface area contributed by atoms with Crippen molar-refractivity contribution >= 4 is 11.9 Å². The first-order valence-corrected chi connectivity index (χ1v) is 14.1. The Balaban J connectivity index is 2.05. The number of hydrogen-bond acceptors (Lipinski definition) is 5. The Bertz CT molecular complexity index is 791. The number of epoxide rings is 1. The summed E-state index contributed by atoms with van der Waals surface area (Å²) >= 11 is 0. The van der Waals surface area contributed by atoms with Crippen LogP contribution in [0.1, 0.15) is 106 Å². The summed E-state index contributed by atoms with van der Waals surface area (Å²) in [7, 11) is 0. The van der Waals surface area contributed by atoms with Gasteiger partial charge in [-0.25, -0.2) is 0 Å². The van der Waals surface area contributed by atoms with Gasteiger partial charge in [-0.1, -0.05) is 71.8 Å². The molecule has 5 atom stereocenters. The van der Waals surface area contributed by atoms with E-state index >= 15 is 0 Å². The predicted octanol–water partition coefficient (Wildman–Crippen LogP) is 7.50. The van der Waals surface area contributed by atoms with Crippen molar-refractivity contribution in [3.63, 3.8) is 0 Å². The molecular weight excluding hydrogens is 452 g/mol. The largest absolute Gasteiger partial charge is 0.458 e. The molecule has 36 heavy (non-hydrogen) atoms. The summed E-state index contributed by atoms with van der Waals surface area (Å²) < 4.78 is 17.4. The molecule has 0 radical (unpaired) electrons. The van der Waals surface area contributed by atoms with E-state index in [0.29, 0.717) is 25.0 Å². The molecule has 5 nitrogen and oxygen atoms in total. The minimum Gasteiger partial charge on any atom is -0.458 e. The number of carbonyl (C=O) groups excluding carboxylic acids is 2. The SMILES string of the molecule is CCCCC1OC1CCC=CC=CC1C/C=C\C(OC(=O)CC)CCC(C)C(C)(C)C(C)(C)C(=O)O1. The minimum absolute atomic E-state index is 0.176. The van der Waals surface area contributed by atoms with E-state index in [2.05, 4.69) is 33.8 Å². The van der Waals surface area contributed by atoms with E-state index in [4.69, 9.17) is 14.2 Å². The van der Waals surface area contributed by atoms with Gasteiger partial charge in [-0.05, 0) is 69.4 Å². The molecule has 5 unspecified atom stereocenters. The van der Waals surface area contributed by atoms with Crippen LogP contribution in [0.5, 0.6) is 0 Å². The third-order valence-corrected chi connectivity index (χ3v) is 8.51. The first-order chi connectivity index (χ1) is 17.0. The summed E-state index contributed by atoms with van der Waals surface area (Å²) in [6.45, 7) is 14.4. The van der Waals surface area contributed by atoms with Gasteiger partial charge in [-0.15, -0.1) is 0 Å². The number of allylic oxidation sites excluding steroid dienone is 3. The highest BCUT2D eigenvalue weighted by Gasteiger charge is 2.48. The van der Waals surface area contributed by atoms with Crippen molar-refractivity contribution in [2.24, 2.45) is 16.7 Å². The average molecular weight is 503 g/mol. The van der Waals surface area contributed by atoms with Gasteiger partial charge in [-0.3, -0.25) is 9.59 Å². The maximum atomic E-state index is 13.3. The van der Waals surface area contributed by atoms with Crippen LogP contribution in [0.4, 0.5) is 0 Å². The Hall–Kier alpha value is -1.88. The lowest BCUT2D eigenvalue weighted by molar-refractivity contribution is -0.167. The summed E-state index contributed by atoms with van der Waals surface area (Å²) in [6, 6.07) is 0. The van der Waals surface area contributed by atoms with Gasteiger partial charge in [0.05, 0.1) is 17.6 Å². The Labute approximate surface area is 219 Å². The molecule has 5 heteroatoms. The lowest BCUT2D eigenvalue weighted by Crippen LogP contribution is -2.46. The molecule has 1 saturated heterocycles. The van der Waals surface area contributed by atoms with Gasteiger partial charge in [0.25, 0.3) is 0 Å². The molecule has 0 aromatic heterocycles. The molecule has 0 aromatic carbocycles. The molecule has 0 saturated carbocycles. The maximum absolute atomic E-state index is 13.3. The van der Waals surface area contributed by atoms with E-state index in [0.717, 1.165) is 25.7 Å². The number of unbranched alkanes of at least 4 members (excludes halogenated alkanes) is 1. The van der Waals surface area contributed by atoms with E-state index in [1.165, 1.54) is 19.3 Å². The standard InChI is InChI=1S/C31H50O5/c1-8-10-19-26-27(36-26)20-14-12-11-13-16-24-17-15-18-25(34-28(32)9-2)22-21-23(3)30(4,5)31(6,7)29(33)35-24/h11-13,15-16,18,23-27H,8-10,14,17,19-22H2,1-7H3/b12-11?,16-13?,18-15-. The molecule has 0 aliphatic carbocycles. The van der Waals surface area contributed by atoms with Crippen LogP contribution in [0.2, 0.25) is 0 Å². The first kappa shape index (κ1) is 30.3. The molecule has 0 spiro atoms. The third kappa shape index (κ3) is 8.90. The molecule has 2 heterocycles. The molecule has 204 valence electrons. The molecule has 2 aliphatic heterocycles. The molecule has 2 aliphatic rings. The van der Waals surface area contributed by atoms with Crippen LogP contribution in [-0.2, 0) is 23.8 Å². The van der Waals surface area contributed by atoms with E-state index in [1.807, 2.05) is 51.2 Å². The Kier molecular flexibility index (Phi) is 11.9. The average Bonchev–Trinajstić information content (AvgIpc) is 3.59. The fourth-order valence-electron chi connectivity index (χ4n) is 4.63. The highest BCUT2D eigenvalue weighted by molar-refractivity contribution is 5.77. The van der Waals surface area contributed by atoms with Crippen molar-refractivity contribution < 1.29 is 23.8 Å². The summed E-state index contributed by atoms with van der Waals surface area (Å²) in [4.78, 5) is 25.3. The minimum atomic E-state index is -0.661. The van der Waals surface area contributed by atoms with Crippen molar-refractivity contribution in [3.8, 4) is 0 Å². The van der Waals surface area contributed by atoms with Crippen molar-refractivity contribution in [1.82, 2.24) is 0 Å². The van der Waals surface area contributed by atoms with Gasteiger partial charge in [0.1, 0.15) is 12.2 Å². The zero-order chi connectivity index (χ0) is 26.8. The van der Waals surface area contributed by atoms with Crippen LogP contribution in [0.3, 0.4) is 0 Å². The fourth-order valence-corrected chi connectivity index (χ4v) is 4.63. The molecule has 2 rings (SSSR count). The van der Waals surface area contributed by atoms with E-state index in [1.54, 1.807) is 0 Å². The Morgan fingerprint density at radius 1 is 1.11 bits per heavy atom. The van der Waals surface area contributed by atoms with Gasteiger partial charge < -0.3 is 14.2 Å². The summed E-state index contributed by atoms with van der Waals surface area (Å²) in [5.41, 5.74) is -0.953. The third-order valence-electron chi connectivity index (χ3n) is 8.51. The quantitative estimate of drug-likeness (QED) is 0.134. The topological polar surface area (TPSA) is 65.1 Å². The number of rotatable bonds is 10. The van der Waals surface area contributed by atoms with Crippen LogP contribution in [0.15, 0.2) is 36.5 Å². The monoisotopic (exact) mass is 502 g/mol. The lowest BCUT2D eigenvalue weighted by atomic mass is 9.60. The van der Waals surface area contributed by atoms with E-state index in [9.17, 15) is 9.59 Å². The zero-order valence-corrected chi connectivity index (χ0v) is 23.8. The van der Waals surface area contributed by atoms with Gasteiger partial charge in [0.15, 0.2) is 0 Å². The van der Waals surface area contributed by atoms with Gasteiger partial charge in [0, 0.05) is 12.8 Å². The number of esters is 2. The van der Waals surface area contributed by atoms with Crippen LogP contribution in [0.25, 0.3) is 0 Å². The molecular formula is C31H50O5. The fraction of sp³-hybridized carbons (Fsp3) is 0.742. The van der Waals surface area contributed by atoms with Crippen molar-refractivity contribution in [2.75, 3.05) is 0 Å². The maximum Gasteiger partial charge on any atom is 0.312 e. The molecule has 1 fully saturated rings. The smallest absolute Gasteiger partial charge is 0.312 e. The molecule has 0 amide bonds. The normalized spacial score (nSPS) is 31.4. The van der Waals surface area contributed by atoms with Crippen molar-refractivity contribution in [3.05, 3.63) is 36.5 Å². The second-order valence-electron chi connectivity index (χ2n) is 11.6. The van der Waals surface area contributed by atoms with E-state index < -0.39 is 5.41 Å². The predicted molar refractivity (Wildman–Crippen MR) is 145 cm³/mol. The molecule has 0 bridgehead atoms. The number of carbonyl (C=O) groups is 2. The highest BCUT2D eigenvalue weighted by atomic mass is 16.6. The summed E-state index contributed by atoms with van der Waals surface area (Å²) in [5, 5.41) is 0. The van der Waals surface area contributed by atoms with E-state index in [-0.39, 0.29) is 35.5 Å².